The molecule has 0 aliphatic heterocycles. The first-order valence-electron chi connectivity index (χ1n) is 5.99. The molecule has 1 aromatic carbocycles. The Morgan fingerprint density at radius 2 is 2.11 bits per heavy atom. The molecular weight excluding hydrogens is 247 g/mol. The normalized spacial score (nSPS) is 12.4. The smallest absolute Gasteiger partial charge is 0.306 e. The lowest BCUT2D eigenvalue weighted by Crippen LogP contribution is -2.15. The minimum absolute atomic E-state index is 0.315. The van der Waals surface area contributed by atoms with Crippen LogP contribution < -0.4 is 0 Å². The highest BCUT2D eigenvalue weighted by Crippen LogP contribution is 2.27. The molecule has 0 aliphatic carbocycles. The van der Waals surface area contributed by atoms with Gasteiger partial charge in [0, 0.05) is 30.3 Å². The fourth-order valence-corrected chi connectivity index (χ4v) is 1.99. The van der Waals surface area contributed by atoms with Gasteiger partial charge in [-0.3, -0.25) is 9.48 Å². The van der Waals surface area contributed by atoms with Gasteiger partial charge in [-0.05, 0) is 6.07 Å². The number of nitrogens with zero attached hydrogens (tertiary/aromatic N) is 2. The maximum atomic E-state index is 13.8. The molecule has 0 bridgehead atoms. The number of carboxylic acid groups (broad SMARTS) is 1. The molecule has 5 heteroatoms. The third-order valence-electron chi connectivity index (χ3n) is 3.15. The van der Waals surface area contributed by atoms with E-state index in [2.05, 4.69) is 5.10 Å². The fraction of sp³-hybridized carbons (Fsp3) is 0.286. The summed E-state index contributed by atoms with van der Waals surface area (Å²) < 4.78 is 15.4. The number of carbonyl (C=O) groups is 1. The van der Waals surface area contributed by atoms with Crippen molar-refractivity contribution in [3.8, 4) is 11.1 Å². The van der Waals surface area contributed by atoms with Crippen LogP contribution in [0.25, 0.3) is 11.1 Å². The highest BCUT2D eigenvalue weighted by molar-refractivity contribution is 5.71. The molecule has 0 radical (unpaired) electrons. The van der Waals surface area contributed by atoms with Crippen LogP contribution in [0.15, 0.2) is 30.5 Å². The predicted octanol–water partition coefficient (Wildman–Crippen LogP) is 2.49. The van der Waals surface area contributed by atoms with Crippen LogP contribution in [0.4, 0.5) is 4.39 Å². The van der Waals surface area contributed by atoms with Crippen molar-refractivity contribution in [1.82, 2.24) is 9.78 Å². The molecule has 19 heavy (non-hydrogen) atoms. The van der Waals surface area contributed by atoms with Crippen LogP contribution in [0.1, 0.15) is 12.6 Å². The molecule has 0 spiro atoms. The topological polar surface area (TPSA) is 55.1 Å². The second-order valence-electron chi connectivity index (χ2n) is 4.55. The van der Waals surface area contributed by atoms with E-state index in [1.807, 2.05) is 0 Å². The molecule has 0 saturated heterocycles. The quantitative estimate of drug-likeness (QED) is 0.921. The largest absolute Gasteiger partial charge is 0.481 e. The number of halogens is 1. The minimum Gasteiger partial charge on any atom is -0.481 e. The monoisotopic (exact) mass is 262 g/mol. The number of hydrogen-bond acceptors (Lipinski definition) is 2. The number of rotatable bonds is 4. The predicted molar refractivity (Wildman–Crippen MR) is 69.1 cm³/mol. The molecule has 2 aromatic rings. The van der Waals surface area contributed by atoms with Crippen LogP contribution >= 0.6 is 0 Å². The highest BCUT2D eigenvalue weighted by atomic mass is 19.1. The van der Waals surface area contributed by atoms with Gasteiger partial charge in [-0.25, -0.2) is 4.39 Å². The van der Waals surface area contributed by atoms with E-state index in [0.717, 1.165) is 5.69 Å². The van der Waals surface area contributed by atoms with Crippen molar-refractivity contribution >= 4 is 5.97 Å². The summed E-state index contributed by atoms with van der Waals surface area (Å²) in [4.78, 5) is 10.9. The molecule has 100 valence electrons. The molecule has 1 heterocycles. The third-order valence-corrected chi connectivity index (χ3v) is 3.15. The Labute approximate surface area is 110 Å². The van der Waals surface area contributed by atoms with Crippen molar-refractivity contribution in [2.75, 3.05) is 0 Å². The number of benzene rings is 1. The van der Waals surface area contributed by atoms with E-state index >= 15 is 0 Å². The number of carboxylic acids is 1. The lowest BCUT2D eigenvalue weighted by molar-refractivity contribution is -0.141. The van der Waals surface area contributed by atoms with Crippen molar-refractivity contribution < 1.29 is 14.3 Å². The van der Waals surface area contributed by atoms with E-state index in [-0.39, 0.29) is 5.82 Å². The molecule has 0 fully saturated rings. The Morgan fingerprint density at radius 1 is 1.42 bits per heavy atom. The Kier molecular flexibility index (Phi) is 3.64. The van der Waals surface area contributed by atoms with Gasteiger partial charge in [-0.1, -0.05) is 25.1 Å². The third kappa shape index (κ3) is 2.65. The molecule has 4 nitrogen and oxygen atoms in total. The maximum absolute atomic E-state index is 13.8. The second kappa shape index (κ2) is 5.22. The summed E-state index contributed by atoms with van der Waals surface area (Å²) in [5, 5.41) is 13.1. The molecule has 0 aliphatic rings. The second-order valence-corrected chi connectivity index (χ2v) is 4.55. The lowest BCUT2D eigenvalue weighted by atomic mass is 9.99. The first-order valence-corrected chi connectivity index (χ1v) is 5.99. The number of aromatic nitrogens is 2. The zero-order valence-corrected chi connectivity index (χ0v) is 10.8. The summed E-state index contributed by atoms with van der Waals surface area (Å²) in [5.74, 6) is -1.75. The Bertz CT molecular complexity index is 607. The molecule has 0 saturated carbocycles. The van der Waals surface area contributed by atoms with Gasteiger partial charge in [0.05, 0.1) is 12.1 Å². The van der Waals surface area contributed by atoms with Gasteiger partial charge in [-0.15, -0.1) is 0 Å². The lowest BCUT2D eigenvalue weighted by Gasteiger charge is -2.10. The Balaban J connectivity index is 2.43. The molecule has 1 unspecified atom stereocenters. The van der Waals surface area contributed by atoms with E-state index in [9.17, 15) is 9.18 Å². The van der Waals surface area contributed by atoms with Crippen molar-refractivity contribution in [3.05, 3.63) is 42.0 Å². The van der Waals surface area contributed by atoms with E-state index in [0.29, 0.717) is 17.5 Å². The molecule has 1 N–H and O–H groups in total. The average molecular weight is 262 g/mol. The Morgan fingerprint density at radius 3 is 2.74 bits per heavy atom. The summed E-state index contributed by atoms with van der Waals surface area (Å²) in [6, 6.07) is 6.42. The van der Waals surface area contributed by atoms with Crippen LogP contribution in [-0.4, -0.2) is 20.9 Å². The highest BCUT2D eigenvalue weighted by Gasteiger charge is 2.19. The average Bonchev–Trinajstić information content (AvgIpc) is 2.72. The zero-order chi connectivity index (χ0) is 14.0. The van der Waals surface area contributed by atoms with Gasteiger partial charge in [-0.2, -0.15) is 5.10 Å². The van der Waals surface area contributed by atoms with E-state index < -0.39 is 11.9 Å². The van der Waals surface area contributed by atoms with Crippen LogP contribution in [0.2, 0.25) is 0 Å². The van der Waals surface area contributed by atoms with Crippen LogP contribution in [-0.2, 0) is 18.3 Å². The summed E-state index contributed by atoms with van der Waals surface area (Å²) in [5.41, 5.74) is 1.82. The van der Waals surface area contributed by atoms with Gasteiger partial charge in [0.1, 0.15) is 5.82 Å². The summed E-state index contributed by atoms with van der Waals surface area (Å²) in [7, 11) is 1.73. The van der Waals surface area contributed by atoms with Crippen molar-refractivity contribution in [2.45, 2.75) is 13.3 Å². The summed E-state index contributed by atoms with van der Waals surface area (Å²) in [6.07, 6.45) is 1.89. The Hall–Kier alpha value is -2.17. The molecule has 2 rings (SSSR count). The fourth-order valence-electron chi connectivity index (χ4n) is 1.99. The summed E-state index contributed by atoms with van der Waals surface area (Å²) >= 11 is 0. The zero-order valence-electron chi connectivity index (χ0n) is 10.8. The van der Waals surface area contributed by atoms with Crippen LogP contribution in [0.3, 0.4) is 0 Å². The maximum Gasteiger partial charge on any atom is 0.306 e. The molecule has 1 atom stereocenters. The van der Waals surface area contributed by atoms with Gasteiger partial charge >= 0.3 is 5.97 Å². The molecular formula is C14H15FN2O2. The van der Waals surface area contributed by atoms with Gasteiger partial charge in [0.2, 0.25) is 0 Å². The molecule has 1 aromatic heterocycles. The van der Waals surface area contributed by atoms with Gasteiger partial charge in [0.15, 0.2) is 0 Å². The van der Waals surface area contributed by atoms with Gasteiger partial charge < -0.3 is 5.11 Å². The van der Waals surface area contributed by atoms with Gasteiger partial charge in [0.25, 0.3) is 0 Å². The first kappa shape index (κ1) is 13.3. The first-order chi connectivity index (χ1) is 9.00. The summed E-state index contributed by atoms with van der Waals surface area (Å²) in [6.45, 7) is 1.63. The minimum atomic E-state index is -0.874. The van der Waals surface area contributed by atoms with E-state index in [1.165, 1.54) is 6.07 Å². The van der Waals surface area contributed by atoms with Crippen LogP contribution in [0.5, 0.6) is 0 Å². The van der Waals surface area contributed by atoms with Crippen molar-refractivity contribution in [1.29, 1.82) is 0 Å². The van der Waals surface area contributed by atoms with E-state index in [1.54, 1.807) is 43.0 Å². The van der Waals surface area contributed by atoms with Crippen LogP contribution in [0, 0.1) is 11.7 Å². The number of hydrogen-bond donors (Lipinski definition) is 1. The standard InChI is InChI=1S/C14H15FN2O2/c1-9(14(18)19)7-13-11(8-16-17(13)2)10-5-3-4-6-12(10)15/h3-6,8-9H,7H2,1-2H3,(H,18,19). The molecule has 0 amide bonds. The van der Waals surface area contributed by atoms with Crippen molar-refractivity contribution in [3.63, 3.8) is 0 Å². The number of aliphatic carboxylic acids is 1. The van der Waals surface area contributed by atoms with E-state index in [4.69, 9.17) is 5.11 Å². The number of aryl methyl sites for hydroxylation is 1. The van der Waals surface area contributed by atoms with Crippen molar-refractivity contribution in [2.24, 2.45) is 13.0 Å². The SMILES string of the molecule is CC(Cc1c(-c2ccccc2F)cnn1C)C(=O)O.